The summed E-state index contributed by atoms with van der Waals surface area (Å²) >= 11 is 1.37. The molecule has 4 aromatic rings. The average molecular weight is 446 g/mol. The first-order valence-electron chi connectivity index (χ1n) is 10.5. The summed E-state index contributed by atoms with van der Waals surface area (Å²) in [5.74, 6) is 0.487. The van der Waals surface area contributed by atoms with E-state index in [-0.39, 0.29) is 5.91 Å². The van der Waals surface area contributed by atoms with E-state index in [4.69, 9.17) is 0 Å². The van der Waals surface area contributed by atoms with E-state index in [9.17, 15) is 4.79 Å². The minimum absolute atomic E-state index is 0.230. The van der Waals surface area contributed by atoms with Crippen LogP contribution in [-0.2, 0) is 0 Å². The van der Waals surface area contributed by atoms with Gasteiger partial charge in [-0.3, -0.25) is 9.89 Å². The summed E-state index contributed by atoms with van der Waals surface area (Å²) in [7, 11) is 0. The summed E-state index contributed by atoms with van der Waals surface area (Å²) in [4.78, 5) is 19.6. The Balaban J connectivity index is 1.26. The number of aromatic nitrogens is 3. The Morgan fingerprint density at radius 2 is 1.81 bits per heavy atom. The van der Waals surface area contributed by atoms with Crippen LogP contribution in [-0.4, -0.2) is 47.3 Å². The smallest absolute Gasteiger partial charge is 0.275 e. The minimum atomic E-state index is -0.230. The molecule has 162 valence electrons. The van der Waals surface area contributed by atoms with E-state index in [1.165, 1.54) is 11.3 Å². The minimum Gasteiger partial charge on any atom is -0.367 e. The highest BCUT2D eigenvalue weighted by atomic mass is 32.1. The molecule has 1 aliphatic rings. The number of para-hydroxylation sites is 2. The van der Waals surface area contributed by atoms with E-state index >= 15 is 0 Å². The number of rotatable bonds is 6. The molecule has 32 heavy (non-hydrogen) atoms. The molecule has 1 aliphatic heterocycles. The van der Waals surface area contributed by atoms with Gasteiger partial charge in [-0.05, 0) is 12.1 Å². The molecule has 0 aliphatic carbocycles. The van der Waals surface area contributed by atoms with Crippen LogP contribution in [0.2, 0.25) is 0 Å². The normalized spacial score (nSPS) is 13.7. The second kappa shape index (κ2) is 9.21. The number of aromatic amines is 1. The molecule has 0 radical (unpaired) electrons. The second-order valence-corrected chi connectivity index (χ2v) is 8.26. The number of benzene rings is 2. The molecule has 2 aromatic heterocycles. The summed E-state index contributed by atoms with van der Waals surface area (Å²) in [6, 6.07) is 19.7. The Kier molecular flexibility index (Phi) is 5.82. The lowest BCUT2D eigenvalue weighted by Gasteiger charge is -2.31. The molecule has 0 atom stereocenters. The maximum Gasteiger partial charge on any atom is 0.275 e. The van der Waals surface area contributed by atoms with Gasteiger partial charge in [0.25, 0.3) is 5.91 Å². The third kappa shape index (κ3) is 4.48. The number of nitrogens with one attached hydrogen (secondary N) is 4. The molecule has 0 spiro atoms. The molecule has 1 amide bonds. The van der Waals surface area contributed by atoms with Gasteiger partial charge < -0.3 is 20.9 Å². The van der Waals surface area contributed by atoms with Crippen molar-refractivity contribution in [3.63, 3.8) is 0 Å². The van der Waals surface area contributed by atoms with Gasteiger partial charge in [-0.2, -0.15) is 5.10 Å². The zero-order chi connectivity index (χ0) is 21.8. The lowest BCUT2D eigenvalue weighted by atomic mass is 10.2. The van der Waals surface area contributed by atoms with Crippen molar-refractivity contribution >= 4 is 39.6 Å². The van der Waals surface area contributed by atoms with Gasteiger partial charge in [0.1, 0.15) is 11.5 Å². The fourth-order valence-corrected chi connectivity index (χ4v) is 4.34. The van der Waals surface area contributed by atoms with Gasteiger partial charge in [0.15, 0.2) is 5.13 Å². The predicted molar refractivity (Wildman–Crippen MR) is 129 cm³/mol. The Morgan fingerprint density at radius 3 is 2.66 bits per heavy atom. The highest BCUT2D eigenvalue weighted by Crippen LogP contribution is 2.28. The van der Waals surface area contributed by atoms with E-state index in [0.717, 1.165) is 48.8 Å². The van der Waals surface area contributed by atoms with Gasteiger partial charge in [-0.15, -0.1) is 11.3 Å². The molecule has 4 N–H and O–H groups in total. The Labute approximate surface area is 189 Å². The number of anilines is 4. The largest absolute Gasteiger partial charge is 0.367 e. The zero-order valence-corrected chi connectivity index (χ0v) is 18.2. The van der Waals surface area contributed by atoms with Gasteiger partial charge in [-0.1, -0.05) is 42.5 Å². The summed E-state index contributed by atoms with van der Waals surface area (Å²) < 4.78 is 0. The average Bonchev–Trinajstić information content (AvgIpc) is 3.51. The number of hydrogen-bond donors (Lipinski definition) is 4. The van der Waals surface area contributed by atoms with Crippen LogP contribution in [0.25, 0.3) is 11.3 Å². The maximum atomic E-state index is 12.9. The molecule has 1 fully saturated rings. The van der Waals surface area contributed by atoms with Crippen LogP contribution in [0.15, 0.2) is 66.0 Å². The highest BCUT2D eigenvalue weighted by molar-refractivity contribution is 7.14. The first kappa shape index (κ1) is 20.2. The number of piperazine rings is 1. The Hall–Kier alpha value is -3.69. The van der Waals surface area contributed by atoms with Gasteiger partial charge in [0.05, 0.1) is 17.1 Å². The number of thiazole rings is 1. The molecule has 5 rings (SSSR count). The molecule has 0 bridgehead atoms. The topological polar surface area (TPSA) is 98.0 Å². The molecule has 9 heteroatoms. The van der Waals surface area contributed by atoms with Gasteiger partial charge >= 0.3 is 0 Å². The van der Waals surface area contributed by atoms with E-state index in [0.29, 0.717) is 16.6 Å². The number of hydrogen-bond acceptors (Lipinski definition) is 7. The molecule has 0 unspecified atom stereocenters. The second-order valence-electron chi connectivity index (χ2n) is 7.40. The van der Waals surface area contributed by atoms with Crippen molar-refractivity contribution < 1.29 is 4.79 Å². The van der Waals surface area contributed by atoms with E-state index in [1.54, 1.807) is 5.38 Å². The van der Waals surface area contributed by atoms with Crippen molar-refractivity contribution in [3.8, 4) is 11.3 Å². The van der Waals surface area contributed by atoms with Crippen molar-refractivity contribution in [1.82, 2.24) is 20.5 Å². The van der Waals surface area contributed by atoms with Gasteiger partial charge in [-0.25, -0.2) is 4.98 Å². The van der Waals surface area contributed by atoms with Crippen LogP contribution in [0.4, 0.5) is 22.3 Å². The Bertz CT molecular complexity index is 1200. The number of carbonyl (C=O) groups excluding carboxylic acids is 1. The van der Waals surface area contributed by atoms with Crippen molar-refractivity contribution in [2.45, 2.75) is 0 Å². The third-order valence-electron chi connectivity index (χ3n) is 5.24. The van der Waals surface area contributed by atoms with Gasteiger partial charge in [0.2, 0.25) is 0 Å². The fourth-order valence-electron chi connectivity index (χ4n) is 3.64. The van der Waals surface area contributed by atoms with E-state index in [1.807, 2.05) is 60.7 Å². The molecule has 3 heterocycles. The molecule has 8 nitrogen and oxygen atoms in total. The monoisotopic (exact) mass is 445 g/mol. The standard InChI is InChI=1S/C23H23N7OS/c31-22(25-17-8-4-5-9-20(17)30-12-10-24-11-13-30)19-15-32-23(26-19)27-21-14-18(28-29-21)16-6-2-1-3-7-16/h1-9,14-15,24H,10-13H2,(H,25,31)(H2,26,27,28,29). The SMILES string of the molecule is O=C(Nc1ccccc1N1CCNCC1)c1csc(Nc2cc(-c3ccccc3)n[nH]2)n1. The summed E-state index contributed by atoms with van der Waals surface area (Å²) in [6.45, 7) is 3.69. The number of amides is 1. The number of H-pyrrole nitrogens is 1. The quantitative estimate of drug-likeness (QED) is 0.359. The van der Waals surface area contributed by atoms with E-state index < -0.39 is 0 Å². The Morgan fingerprint density at radius 1 is 1.03 bits per heavy atom. The maximum absolute atomic E-state index is 12.9. The first-order valence-corrected chi connectivity index (χ1v) is 11.3. The van der Waals surface area contributed by atoms with Crippen LogP contribution in [0.3, 0.4) is 0 Å². The lowest BCUT2D eigenvalue weighted by molar-refractivity contribution is 0.102. The summed E-state index contributed by atoms with van der Waals surface area (Å²) in [6.07, 6.45) is 0. The fraction of sp³-hybridized carbons (Fsp3) is 0.174. The van der Waals surface area contributed by atoms with Crippen LogP contribution >= 0.6 is 11.3 Å². The van der Waals surface area contributed by atoms with Crippen LogP contribution in [0, 0.1) is 0 Å². The predicted octanol–water partition coefficient (Wildman–Crippen LogP) is 3.94. The van der Waals surface area contributed by atoms with Crippen LogP contribution in [0.5, 0.6) is 0 Å². The number of nitrogens with zero attached hydrogens (tertiary/aromatic N) is 3. The van der Waals surface area contributed by atoms with Crippen molar-refractivity contribution in [2.75, 3.05) is 41.7 Å². The van der Waals surface area contributed by atoms with Crippen LogP contribution in [0.1, 0.15) is 10.5 Å². The molecule has 2 aromatic carbocycles. The van der Waals surface area contributed by atoms with E-state index in [2.05, 4.69) is 36.0 Å². The third-order valence-corrected chi connectivity index (χ3v) is 5.99. The first-order chi connectivity index (χ1) is 15.8. The van der Waals surface area contributed by atoms with Crippen molar-refractivity contribution in [2.24, 2.45) is 0 Å². The molecular weight excluding hydrogens is 422 g/mol. The lowest BCUT2D eigenvalue weighted by Crippen LogP contribution is -2.43. The van der Waals surface area contributed by atoms with Gasteiger partial charge in [0, 0.05) is 43.2 Å². The molecule has 1 saturated heterocycles. The van der Waals surface area contributed by atoms with Crippen LogP contribution < -0.4 is 20.9 Å². The van der Waals surface area contributed by atoms with Crippen molar-refractivity contribution in [1.29, 1.82) is 0 Å². The zero-order valence-electron chi connectivity index (χ0n) is 17.3. The highest BCUT2D eigenvalue weighted by Gasteiger charge is 2.17. The summed E-state index contributed by atoms with van der Waals surface area (Å²) in [5, 5.41) is 19.2. The van der Waals surface area contributed by atoms with Crippen molar-refractivity contribution in [3.05, 3.63) is 71.7 Å². The summed E-state index contributed by atoms with van der Waals surface area (Å²) in [5.41, 5.74) is 4.06. The molecule has 0 saturated carbocycles. The molecular formula is C23H23N7OS. The number of carbonyl (C=O) groups is 1.